The van der Waals surface area contributed by atoms with Crippen molar-refractivity contribution in [1.29, 1.82) is 0 Å². The minimum atomic E-state index is -2.65. The molecule has 0 radical (unpaired) electrons. The maximum Gasteiger partial charge on any atom is 0.150 e. The summed E-state index contributed by atoms with van der Waals surface area (Å²) in [5.41, 5.74) is 0. The molecule has 0 aromatic rings. The lowest BCUT2D eigenvalue weighted by Gasteiger charge is -2.14. The average Bonchev–Trinajstić information content (AvgIpc) is 2.39. The molecule has 2 atom stereocenters. The highest BCUT2D eigenvalue weighted by molar-refractivity contribution is 7.91. The molecular weight excluding hydrogens is 184 g/mol. The lowest BCUT2D eigenvalue weighted by Crippen LogP contribution is -2.10. The molecule has 0 amide bonds. The monoisotopic (exact) mass is 202 g/mol. The van der Waals surface area contributed by atoms with Gasteiger partial charge in [0, 0.05) is 0 Å². The van der Waals surface area contributed by atoms with Gasteiger partial charge in [0.25, 0.3) is 0 Å². The smallest absolute Gasteiger partial charge is 0.150 e. The molecule has 0 bridgehead atoms. The van der Waals surface area contributed by atoms with Crippen LogP contribution in [-0.2, 0) is 9.84 Å². The Morgan fingerprint density at radius 1 is 1.08 bits per heavy atom. The largest absolute Gasteiger partial charge is 0.229 e. The molecule has 1 aliphatic carbocycles. The fourth-order valence-electron chi connectivity index (χ4n) is 2.93. The summed E-state index contributed by atoms with van der Waals surface area (Å²) in [6, 6.07) is 0. The Hall–Kier alpha value is -0.0500. The van der Waals surface area contributed by atoms with Crippen LogP contribution < -0.4 is 0 Å². The van der Waals surface area contributed by atoms with Crippen LogP contribution in [0.1, 0.15) is 26.7 Å². The Bertz CT molecular complexity index is 272. The second-order valence-electron chi connectivity index (χ2n) is 5.07. The summed E-state index contributed by atoms with van der Waals surface area (Å²) in [4.78, 5) is 0. The molecular formula is C10H18O2S. The molecule has 0 aromatic heterocycles. The predicted molar refractivity (Wildman–Crippen MR) is 53.2 cm³/mol. The predicted octanol–water partition coefficient (Wildman–Crippen LogP) is 1.71. The number of hydrogen-bond acceptors (Lipinski definition) is 2. The Morgan fingerprint density at radius 3 is 1.92 bits per heavy atom. The summed E-state index contributed by atoms with van der Waals surface area (Å²) in [7, 11) is -2.65. The third-order valence-electron chi connectivity index (χ3n) is 3.76. The second-order valence-corrected chi connectivity index (χ2v) is 7.23. The van der Waals surface area contributed by atoms with Crippen molar-refractivity contribution in [2.45, 2.75) is 26.7 Å². The molecule has 13 heavy (non-hydrogen) atoms. The summed E-state index contributed by atoms with van der Waals surface area (Å²) >= 11 is 0. The van der Waals surface area contributed by atoms with E-state index in [0.29, 0.717) is 23.3 Å². The van der Waals surface area contributed by atoms with E-state index in [-0.39, 0.29) is 0 Å². The Kier molecular flexibility index (Phi) is 2.17. The first-order valence-electron chi connectivity index (χ1n) is 5.18. The number of sulfone groups is 1. The van der Waals surface area contributed by atoms with E-state index in [0.717, 1.165) is 24.7 Å². The van der Waals surface area contributed by atoms with Crippen LogP contribution in [0.25, 0.3) is 0 Å². The highest BCUT2D eigenvalue weighted by Crippen LogP contribution is 2.45. The molecule has 76 valence electrons. The third-order valence-corrected chi connectivity index (χ3v) is 5.63. The van der Waals surface area contributed by atoms with Crippen LogP contribution in [0.15, 0.2) is 0 Å². The number of hydrogen-bond donors (Lipinski definition) is 0. The van der Waals surface area contributed by atoms with Crippen molar-refractivity contribution in [3.63, 3.8) is 0 Å². The van der Waals surface area contributed by atoms with E-state index >= 15 is 0 Å². The van der Waals surface area contributed by atoms with E-state index in [4.69, 9.17) is 0 Å². The maximum absolute atomic E-state index is 11.3. The normalized spacial score (nSPS) is 42.5. The molecule has 2 rings (SSSR count). The SMILES string of the molecule is CC(C)C1CC2CS(=O)(=O)CC2C1. The first kappa shape index (κ1) is 9.50. The molecule has 2 nitrogen and oxygen atoms in total. The summed E-state index contributed by atoms with van der Waals surface area (Å²) in [5.74, 6) is 3.45. The Balaban J connectivity index is 2.05. The van der Waals surface area contributed by atoms with Crippen LogP contribution in [0.3, 0.4) is 0 Å². The molecule has 0 aromatic carbocycles. The van der Waals surface area contributed by atoms with Crippen LogP contribution in [0.5, 0.6) is 0 Å². The average molecular weight is 202 g/mol. The molecule has 2 fully saturated rings. The lowest BCUT2D eigenvalue weighted by atomic mass is 9.93. The van der Waals surface area contributed by atoms with Crippen LogP contribution in [-0.4, -0.2) is 19.9 Å². The van der Waals surface area contributed by atoms with Crippen molar-refractivity contribution in [2.24, 2.45) is 23.7 Å². The molecule has 2 aliphatic rings. The van der Waals surface area contributed by atoms with Crippen molar-refractivity contribution in [3.05, 3.63) is 0 Å². The molecule has 1 heterocycles. The van der Waals surface area contributed by atoms with Gasteiger partial charge in [-0.25, -0.2) is 8.42 Å². The van der Waals surface area contributed by atoms with Gasteiger partial charge in [0.2, 0.25) is 0 Å². The van der Waals surface area contributed by atoms with E-state index in [1.54, 1.807) is 0 Å². The van der Waals surface area contributed by atoms with Crippen molar-refractivity contribution >= 4 is 9.84 Å². The van der Waals surface area contributed by atoms with Crippen LogP contribution in [0, 0.1) is 23.7 Å². The molecule has 2 unspecified atom stereocenters. The lowest BCUT2D eigenvalue weighted by molar-refractivity contribution is 0.380. The zero-order valence-electron chi connectivity index (χ0n) is 8.36. The summed E-state index contributed by atoms with van der Waals surface area (Å²) in [6.07, 6.45) is 2.31. The third kappa shape index (κ3) is 1.76. The first-order chi connectivity index (χ1) is 5.98. The highest BCUT2D eigenvalue weighted by atomic mass is 32.2. The summed E-state index contributed by atoms with van der Waals surface area (Å²) in [5, 5.41) is 0. The van der Waals surface area contributed by atoms with Crippen LogP contribution in [0.2, 0.25) is 0 Å². The fraction of sp³-hybridized carbons (Fsp3) is 1.00. The van der Waals surface area contributed by atoms with Gasteiger partial charge in [-0.2, -0.15) is 0 Å². The van der Waals surface area contributed by atoms with Crippen molar-refractivity contribution in [3.8, 4) is 0 Å². The van der Waals surface area contributed by atoms with Crippen molar-refractivity contribution in [2.75, 3.05) is 11.5 Å². The maximum atomic E-state index is 11.3. The molecule has 1 saturated heterocycles. The Morgan fingerprint density at radius 2 is 1.54 bits per heavy atom. The highest BCUT2D eigenvalue weighted by Gasteiger charge is 2.44. The molecule has 1 saturated carbocycles. The van der Waals surface area contributed by atoms with Gasteiger partial charge in [-0.15, -0.1) is 0 Å². The van der Waals surface area contributed by atoms with E-state index in [2.05, 4.69) is 13.8 Å². The number of fused-ring (bicyclic) bond motifs is 1. The van der Waals surface area contributed by atoms with Gasteiger partial charge < -0.3 is 0 Å². The van der Waals surface area contributed by atoms with Gasteiger partial charge >= 0.3 is 0 Å². The molecule has 3 heteroatoms. The standard InChI is InChI=1S/C10H18O2S/c1-7(2)8-3-9-5-13(11,12)6-10(9)4-8/h7-10H,3-6H2,1-2H3. The fourth-order valence-corrected chi connectivity index (χ4v) is 5.19. The quantitative estimate of drug-likeness (QED) is 0.648. The molecule has 0 N–H and O–H groups in total. The van der Waals surface area contributed by atoms with Crippen molar-refractivity contribution in [1.82, 2.24) is 0 Å². The summed E-state index contributed by atoms with van der Waals surface area (Å²) < 4.78 is 22.6. The Labute approximate surface area is 80.6 Å². The van der Waals surface area contributed by atoms with E-state index in [1.807, 2.05) is 0 Å². The topological polar surface area (TPSA) is 34.1 Å². The van der Waals surface area contributed by atoms with Gasteiger partial charge in [-0.05, 0) is 36.5 Å². The minimum Gasteiger partial charge on any atom is -0.229 e. The summed E-state index contributed by atoms with van der Waals surface area (Å²) in [6.45, 7) is 4.50. The van der Waals surface area contributed by atoms with Gasteiger partial charge in [-0.3, -0.25) is 0 Å². The minimum absolute atomic E-state index is 0.473. The molecule has 0 spiro atoms. The van der Waals surface area contributed by atoms with Crippen LogP contribution in [0.4, 0.5) is 0 Å². The van der Waals surface area contributed by atoms with E-state index < -0.39 is 9.84 Å². The van der Waals surface area contributed by atoms with Gasteiger partial charge in [0.1, 0.15) is 0 Å². The van der Waals surface area contributed by atoms with Crippen molar-refractivity contribution < 1.29 is 8.42 Å². The van der Waals surface area contributed by atoms with Gasteiger partial charge in [0.05, 0.1) is 11.5 Å². The number of rotatable bonds is 1. The van der Waals surface area contributed by atoms with Gasteiger partial charge in [0.15, 0.2) is 9.84 Å². The zero-order valence-corrected chi connectivity index (χ0v) is 9.18. The van der Waals surface area contributed by atoms with E-state index in [9.17, 15) is 8.42 Å². The zero-order chi connectivity index (χ0) is 9.64. The molecule has 1 aliphatic heterocycles. The van der Waals surface area contributed by atoms with E-state index in [1.165, 1.54) is 0 Å². The first-order valence-corrected chi connectivity index (χ1v) is 7.00. The second kappa shape index (κ2) is 2.97. The van der Waals surface area contributed by atoms with Gasteiger partial charge in [-0.1, -0.05) is 13.8 Å². The van der Waals surface area contributed by atoms with Crippen LogP contribution >= 0.6 is 0 Å².